The minimum absolute atomic E-state index is 0.0494. The van der Waals surface area contributed by atoms with Gasteiger partial charge in [-0.1, -0.05) is 28.9 Å². The number of amides is 1. The van der Waals surface area contributed by atoms with Crippen LogP contribution in [-0.2, 0) is 4.79 Å². The van der Waals surface area contributed by atoms with E-state index in [1.807, 2.05) is 6.92 Å². The Hall–Kier alpha value is -2.93. The van der Waals surface area contributed by atoms with E-state index in [0.29, 0.717) is 41.1 Å². The van der Waals surface area contributed by atoms with Gasteiger partial charge >= 0.3 is 0 Å². The second-order valence-corrected chi connectivity index (χ2v) is 7.75. The molecule has 1 aliphatic heterocycles. The van der Waals surface area contributed by atoms with Crippen molar-refractivity contribution in [2.45, 2.75) is 25.7 Å². The minimum Gasteiger partial charge on any atom is -0.484 e. The third-order valence-corrected chi connectivity index (χ3v) is 5.56. The molecule has 0 N–H and O–H groups in total. The number of carbonyl (C=O) groups excluding carboxylic acids is 1. The van der Waals surface area contributed by atoms with Crippen molar-refractivity contribution in [3.8, 4) is 17.1 Å². The third-order valence-electron chi connectivity index (χ3n) is 5.14. The standard InChI is InChI=1S/C22H21ClFN3O3/c1-14-10-18(7-8-19(14)23)29-13-20(28)27-9-3-5-16(12-27)22-25-21(26-30-22)15-4-2-6-17(24)11-15/h2,4,6-8,10-11,16H,3,5,9,12-13H2,1H3. The maximum atomic E-state index is 13.4. The fraction of sp³-hybridized carbons (Fsp3) is 0.318. The monoisotopic (exact) mass is 429 g/mol. The number of likely N-dealkylation sites (tertiary alicyclic amines) is 1. The van der Waals surface area contributed by atoms with Crippen LogP contribution in [0, 0.1) is 12.7 Å². The average Bonchev–Trinajstić information content (AvgIpc) is 3.25. The van der Waals surface area contributed by atoms with Gasteiger partial charge in [-0.2, -0.15) is 4.98 Å². The number of aromatic nitrogens is 2. The molecule has 3 aromatic rings. The maximum absolute atomic E-state index is 13.4. The summed E-state index contributed by atoms with van der Waals surface area (Å²) in [5.74, 6) is 0.891. The summed E-state index contributed by atoms with van der Waals surface area (Å²) in [5, 5.41) is 4.63. The number of rotatable bonds is 5. The van der Waals surface area contributed by atoms with Gasteiger partial charge in [-0.25, -0.2) is 4.39 Å². The molecule has 30 heavy (non-hydrogen) atoms. The number of hydrogen-bond acceptors (Lipinski definition) is 5. The summed E-state index contributed by atoms with van der Waals surface area (Å²) >= 11 is 6.02. The summed E-state index contributed by atoms with van der Waals surface area (Å²) in [7, 11) is 0. The van der Waals surface area contributed by atoms with Crippen molar-refractivity contribution in [3.05, 3.63) is 64.8 Å². The number of benzene rings is 2. The Kier molecular flexibility index (Phi) is 5.99. The molecule has 2 aromatic carbocycles. The molecular weight excluding hydrogens is 409 g/mol. The lowest BCUT2D eigenvalue weighted by atomic mass is 9.98. The van der Waals surface area contributed by atoms with Crippen LogP contribution < -0.4 is 4.74 Å². The van der Waals surface area contributed by atoms with Crippen LogP contribution in [0.15, 0.2) is 47.0 Å². The van der Waals surface area contributed by atoms with Gasteiger partial charge in [-0.05, 0) is 55.7 Å². The number of nitrogens with zero attached hydrogens (tertiary/aromatic N) is 3. The molecule has 1 aromatic heterocycles. The van der Waals surface area contributed by atoms with Crippen LogP contribution in [0.4, 0.5) is 4.39 Å². The quantitative estimate of drug-likeness (QED) is 0.591. The summed E-state index contributed by atoms with van der Waals surface area (Å²) in [4.78, 5) is 18.8. The minimum atomic E-state index is -0.357. The molecule has 4 rings (SSSR count). The second kappa shape index (κ2) is 8.83. The highest BCUT2D eigenvalue weighted by atomic mass is 35.5. The van der Waals surface area contributed by atoms with E-state index < -0.39 is 0 Å². The molecule has 0 radical (unpaired) electrons. The van der Waals surface area contributed by atoms with Crippen LogP contribution in [0.25, 0.3) is 11.4 Å². The van der Waals surface area contributed by atoms with Gasteiger partial charge in [0.15, 0.2) is 6.61 Å². The molecule has 0 saturated carbocycles. The van der Waals surface area contributed by atoms with Gasteiger partial charge in [0.25, 0.3) is 5.91 Å². The van der Waals surface area contributed by atoms with Crippen LogP contribution in [0.3, 0.4) is 0 Å². The zero-order valence-electron chi connectivity index (χ0n) is 16.5. The van der Waals surface area contributed by atoms with E-state index in [1.165, 1.54) is 12.1 Å². The molecule has 1 unspecified atom stereocenters. The average molecular weight is 430 g/mol. The Morgan fingerprint density at radius 1 is 1.33 bits per heavy atom. The van der Waals surface area contributed by atoms with Gasteiger partial charge in [-0.15, -0.1) is 0 Å². The summed E-state index contributed by atoms with van der Waals surface area (Å²) in [5.41, 5.74) is 1.45. The van der Waals surface area contributed by atoms with Gasteiger partial charge in [0, 0.05) is 23.7 Å². The second-order valence-electron chi connectivity index (χ2n) is 7.35. The number of aryl methyl sites for hydroxylation is 1. The lowest BCUT2D eigenvalue weighted by Gasteiger charge is -2.31. The van der Waals surface area contributed by atoms with Gasteiger partial charge in [0.1, 0.15) is 11.6 Å². The first-order chi connectivity index (χ1) is 14.5. The van der Waals surface area contributed by atoms with Crippen LogP contribution in [0.5, 0.6) is 5.75 Å². The highest BCUT2D eigenvalue weighted by Crippen LogP contribution is 2.28. The van der Waals surface area contributed by atoms with Gasteiger partial charge in [0.2, 0.25) is 11.7 Å². The van der Waals surface area contributed by atoms with Crippen molar-refractivity contribution in [1.82, 2.24) is 15.0 Å². The zero-order valence-corrected chi connectivity index (χ0v) is 17.2. The van der Waals surface area contributed by atoms with Crippen molar-refractivity contribution in [2.75, 3.05) is 19.7 Å². The van der Waals surface area contributed by atoms with Crippen LogP contribution in [-0.4, -0.2) is 40.6 Å². The highest BCUT2D eigenvalue weighted by molar-refractivity contribution is 6.31. The molecule has 1 atom stereocenters. The Morgan fingerprint density at radius 3 is 3.00 bits per heavy atom. The number of piperidine rings is 1. The van der Waals surface area contributed by atoms with Gasteiger partial charge in [0.05, 0.1) is 5.92 Å². The highest BCUT2D eigenvalue weighted by Gasteiger charge is 2.29. The molecule has 156 valence electrons. The van der Waals surface area contributed by atoms with E-state index in [1.54, 1.807) is 35.2 Å². The number of carbonyl (C=O) groups is 1. The molecule has 2 heterocycles. The normalized spacial score (nSPS) is 16.5. The molecule has 1 fully saturated rings. The number of ether oxygens (including phenoxy) is 1. The third kappa shape index (κ3) is 4.62. The smallest absolute Gasteiger partial charge is 0.260 e. The first-order valence-electron chi connectivity index (χ1n) is 9.76. The van der Waals surface area contributed by atoms with Crippen molar-refractivity contribution in [1.29, 1.82) is 0 Å². The van der Waals surface area contributed by atoms with Crippen molar-refractivity contribution < 1.29 is 18.4 Å². The van der Waals surface area contributed by atoms with E-state index in [-0.39, 0.29) is 24.2 Å². The van der Waals surface area contributed by atoms with Crippen molar-refractivity contribution in [2.24, 2.45) is 0 Å². The molecule has 0 spiro atoms. The van der Waals surface area contributed by atoms with Crippen LogP contribution in [0.2, 0.25) is 5.02 Å². The summed E-state index contributed by atoms with van der Waals surface area (Å²) in [6.07, 6.45) is 1.67. The molecule has 6 nitrogen and oxygen atoms in total. The van der Waals surface area contributed by atoms with E-state index in [0.717, 1.165) is 18.4 Å². The Balaban J connectivity index is 1.38. The van der Waals surface area contributed by atoms with E-state index in [9.17, 15) is 9.18 Å². The molecule has 1 saturated heterocycles. The lowest BCUT2D eigenvalue weighted by Crippen LogP contribution is -2.41. The number of halogens is 2. The lowest BCUT2D eigenvalue weighted by molar-refractivity contribution is -0.134. The van der Waals surface area contributed by atoms with E-state index in [4.69, 9.17) is 20.9 Å². The van der Waals surface area contributed by atoms with E-state index >= 15 is 0 Å². The first kappa shape index (κ1) is 20.3. The van der Waals surface area contributed by atoms with Crippen molar-refractivity contribution >= 4 is 17.5 Å². The predicted molar refractivity (Wildman–Crippen MR) is 110 cm³/mol. The molecule has 1 amide bonds. The molecule has 0 bridgehead atoms. The van der Waals surface area contributed by atoms with Crippen LogP contribution in [0.1, 0.15) is 30.2 Å². The zero-order chi connectivity index (χ0) is 21.1. The molecule has 8 heteroatoms. The molecular formula is C22H21ClFN3O3. The first-order valence-corrected chi connectivity index (χ1v) is 10.1. The maximum Gasteiger partial charge on any atom is 0.260 e. The van der Waals surface area contributed by atoms with Crippen LogP contribution >= 0.6 is 11.6 Å². The molecule has 0 aliphatic carbocycles. The SMILES string of the molecule is Cc1cc(OCC(=O)N2CCCC(c3nc(-c4cccc(F)c4)no3)C2)ccc1Cl. The predicted octanol–water partition coefficient (Wildman–Crippen LogP) is 4.62. The summed E-state index contributed by atoms with van der Waals surface area (Å²) in [6, 6.07) is 11.4. The largest absolute Gasteiger partial charge is 0.484 e. The van der Waals surface area contributed by atoms with E-state index in [2.05, 4.69) is 10.1 Å². The Labute approximate surface area is 178 Å². The Bertz CT molecular complexity index is 1060. The van der Waals surface area contributed by atoms with Gasteiger partial charge in [-0.3, -0.25) is 4.79 Å². The molecule has 1 aliphatic rings. The summed E-state index contributed by atoms with van der Waals surface area (Å²) < 4.78 is 24.5. The fourth-order valence-electron chi connectivity index (χ4n) is 3.49. The fourth-order valence-corrected chi connectivity index (χ4v) is 3.61. The summed E-state index contributed by atoms with van der Waals surface area (Å²) in [6.45, 7) is 2.97. The van der Waals surface area contributed by atoms with Gasteiger partial charge < -0.3 is 14.2 Å². The van der Waals surface area contributed by atoms with Crippen molar-refractivity contribution in [3.63, 3.8) is 0 Å². The Morgan fingerprint density at radius 2 is 2.20 bits per heavy atom. The topological polar surface area (TPSA) is 68.5 Å². The number of hydrogen-bond donors (Lipinski definition) is 0.